The lowest BCUT2D eigenvalue weighted by Gasteiger charge is -2.26. The third-order valence-electron chi connectivity index (χ3n) is 2.98. The van der Waals surface area contributed by atoms with Crippen LogP contribution in [0.1, 0.15) is 5.56 Å². The van der Waals surface area contributed by atoms with Crippen molar-refractivity contribution in [1.29, 1.82) is 0 Å². The van der Waals surface area contributed by atoms with E-state index in [1.807, 2.05) is 13.0 Å². The highest BCUT2D eigenvalue weighted by Gasteiger charge is 2.09. The largest absolute Gasteiger partial charge is 0.398 e. The molecule has 5 nitrogen and oxygen atoms in total. The van der Waals surface area contributed by atoms with Crippen LogP contribution in [0, 0.1) is 6.92 Å². The van der Waals surface area contributed by atoms with Gasteiger partial charge in [-0.3, -0.25) is 4.90 Å². The summed E-state index contributed by atoms with van der Waals surface area (Å²) in [5, 5.41) is 3.29. The molecule has 1 aromatic rings. The van der Waals surface area contributed by atoms with Crippen LogP contribution in [-0.2, 0) is 4.74 Å². The lowest BCUT2D eigenvalue weighted by atomic mass is 10.2. The Hall–Kier alpha value is -1.33. The highest BCUT2D eigenvalue weighted by atomic mass is 16.5. The van der Waals surface area contributed by atoms with E-state index in [9.17, 15) is 0 Å². The number of nitrogen functional groups attached to an aromatic ring is 1. The molecule has 2 heterocycles. The molecule has 0 atom stereocenters. The van der Waals surface area contributed by atoms with E-state index < -0.39 is 0 Å². The molecule has 17 heavy (non-hydrogen) atoms. The second-order valence-corrected chi connectivity index (χ2v) is 4.31. The summed E-state index contributed by atoms with van der Waals surface area (Å²) in [7, 11) is 0. The van der Waals surface area contributed by atoms with Crippen LogP contribution in [0.25, 0.3) is 0 Å². The third-order valence-corrected chi connectivity index (χ3v) is 2.98. The minimum atomic E-state index is 0.786. The maximum atomic E-state index is 5.83. The predicted octanol–water partition coefficient (Wildman–Crippen LogP) is 0.716. The molecule has 1 aromatic heterocycles. The Balaban J connectivity index is 1.75. The molecule has 0 radical (unpaired) electrons. The molecule has 3 N–H and O–H groups in total. The summed E-state index contributed by atoms with van der Waals surface area (Å²) in [6.45, 7) is 7.58. The SMILES string of the molecule is Cc1cnc(NCCN2CCOCC2)cc1N. The summed E-state index contributed by atoms with van der Waals surface area (Å²) >= 11 is 0. The monoisotopic (exact) mass is 236 g/mol. The normalized spacial score (nSPS) is 17.0. The summed E-state index contributed by atoms with van der Waals surface area (Å²) in [4.78, 5) is 6.67. The number of ether oxygens (including phenoxy) is 1. The molecule has 1 aliphatic heterocycles. The molecule has 1 fully saturated rings. The smallest absolute Gasteiger partial charge is 0.128 e. The Bertz CT molecular complexity index is 364. The first-order valence-corrected chi connectivity index (χ1v) is 6.02. The predicted molar refractivity (Wildman–Crippen MR) is 69.1 cm³/mol. The second kappa shape index (κ2) is 5.84. The van der Waals surface area contributed by atoms with Crippen molar-refractivity contribution in [2.45, 2.75) is 6.92 Å². The van der Waals surface area contributed by atoms with E-state index in [0.717, 1.165) is 56.5 Å². The Morgan fingerprint density at radius 3 is 2.94 bits per heavy atom. The zero-order chi connectivity index (χ0) is 12.1. The molecule has 0 saturated carbocycles. The summed E-state index contributed by atoms with van der Waals surface area (Å²) in [6.07, 6.45) is 1.80. The topological polar surface area (TPSA) is 63.4 Å². The first-order chi connectivity index (χ1) is 8.25. The van der Waals surface area contributed by atoms with Crippen molar-refractivity contribution < 1.29 is 4.74 Å². The molecular weight excluding hydrogens is 216 g/mol. The first-order valence-electron chi connectivity index (χ1n) is 6.02. The quantitative estimate of drug-likeness (QED) is 0.806. The van der Waals surface area contributed by atoms with Crippen molar-refractivity contribution in [3.8, 4) is 0 Å². The molecule has 0 aliphatic carbocycles. The standard InChI is InChI=1S/C12H20N4O/c1-10-9-15-12(8-11(10)13)14-2-3-16-4-6-17-7-5-16/h8-9H,2-7H2,1H3,(H3,13,14,15). The lowest BCUT2D eigenvalue weighted by molar-refractivity contribution is 0.0398. The van der Waals surface area contributed by atoms with Crippen LogP contribution in [0.3, 0.4) is 0 Å². The van der Waals surface area contributed by atoms with Crippen molar-refractivity contribution >= 4 is 11.5 Å². The molecule has 5 heteroatoms. The van der Waals surface area contributed by atoms with E-state index >= 15 is 0 Å². The summed E-state index contributed by atoms with van der Waals surface area (Å²) in [5.41, 5.74) is 7.63. The van der Waals surface area contributed by atoms with E-state index in [4.69, 9.17) is 10.5 Å². The Labute approximate surface area is 102 Å². The molecule has 2 rings (SSSR count). The van der Waals surface area contributed by atoms with Gasteiger partial charge in [-0.1, -0.05) is 0 Å². The van der Waals surface area contributed by atoms with Gasteiger partial charge in [0.05, 0.1) is 13.2 Å². The zero-order valence-electron chi connectivity index (χ0n) is 10.3. The van der Waals surface area contributed by atoms with Crippen LogP contribution < -0.4 is 11.1 Å². The number of rotatable bonds is 4. The van der Waals surface area contributed by atoms with Gasteiger partial charge in [0.15, 0.2) is 0 Å². The van der Waals surface area contributed by atoms with Crippen molar-refractivity contribution in [3.05, 3.63) is 17.8 Å². The number of pyridine rings is 1. The number of nitrogens with zero attached hydrogens (tertiary/aromatic N) is 2. The molecular formula is C12H20N4O. The summed E-state index contributed by atoms with van der Waals surface area (Å²) < 4.78 is 5.30. The van der Waals surface area contributed by atoms with Crippen LogP contribution in [0.4, 0.5) is 11.5 Å². The average Bonchev–Trinajstić information content (AvgIpc) is 2.35. The zero-order valence-corrected chi connectivity index (χ0v) is 10.3. The maximum absolute atomic E-state index is 5.83. The fraction of sp³-hybridized carbons (Fsp3) is 0.583. The third kappa shape index (κ3) is 3.57. The number of anilines is 2. The molecule has 0 aromatic carbocycles. The van der Waals surface area contributed by atoms with Crippen LogP contribution in [0.15, 0.2) is 12.3 Å². The second-order valence-electron chi connectivity index (χ2n) is 4.31. The van der Waals surface area contributed by atoms with E-state index in [1.54, 1.807) is 6.20 Å². The Morgan fingerprint density at radius 2 is 2.24 bits per heavy atom. The highest BCUT2D eigenvalue weighted by Crippen LogP contribution is 2.13. The van der Waals surface area contributed by atoms with Crippen molar-refractivity contribution in [3.63, 3.8) is 0 Å². The van der Waals surface area contributed by atoms with E-state index in [0.29, 0.717) is 0 Å². The van der Waals surface area contributed by atoms with E-state index in [1.165, 1.54) is 0 Å². The fourth-order valence-electron chi connectivity index (χ4n) is 1.80. The maximum Gasteiger partial charge on any atom is 0.128 e. The van der Waals surface area contributed by atoms with Crippen LogP contribution >= 0.6 is 0 Å². The number of aromatic nitrogens is 1. The van der Waals surface area contributed by atoms with Gasteiger partial charge in [0.1, 0.15) is 5.82 Å². The number of hydrogen-bond donors (Lipinski definition) is 2. The lowest BCUT2D eigenvalue weighted by Crippen LogP contribution is -2.39. The molecule has 0 spiro atoms. The van der Waals surface area contributed by atoms with Gasteiger partial charge in [-0.15, -0.1) is 0 Å². The summed E-state index contributed by atoms with van der Waals surface area (Å²) in [5.74, 6) is 0.848. The van der Waals surface area contributed by atoms with Crippen LogP contribution in [0.2, 0.25) is 0 Å². The Morgan fingerprint density at radius 1 is 1.47 bits per heavy atom. The molecule has 0 amide bonds. The van der Waals surface area contributed by atoms with E-state index in [2.05, 4.69) is 15.2 Å². The number of nitrogens with two attached hydrogens (primary N) is 1. The first kappa shape index (κ1) is 12.1. The molecule has 1 saturated heterocycles. The van der Waals surface area contributed by atoms with Gasteiger partial charge in [0, 0.05) is 44.1 Å². The van der Waals surface area contributed by atoms with Crippen molar-refractivity contribution in [1.82, 2.24) is 9.88 Å². The molecule has 94 valence electrons. The number of nitrogens with one attached hydrogen (secondary N) is 1. The number of aryl methyl sites for hydroxylation is 1. The average molecular weight is 236 g/mol. The van der Waals surface area contributed by atoms with Crippen LogP contribution in [-0.4, -0.2) is 49.3 Å². The van der Waals surface area contributed by atoms with Gasteiger partial charge >= 0.3 is 0 Å². The molecule has 0 unspecified atom stereocenters. The van der Waals surface area contributed by atoms with Gasteiger partial charge in [0.25, 0.3) is 0 Å². The van der Waals surface area contributed by atoms with Gasteiger partial charge < -0.3 is 15.8 Å². The minimum absolute atomic E-state index is 0.786. The fourth-order valence-corrected chi connectivity index (χ4v) is 1.80. The van der Waals surface area contributed by atoms with Gasteiger partial charge in [-0.25, -0.2) is 4.98 Å². The van der Waals surface area contributed by atoms with Crippen LogP contribution in [0.5, 0.6) is 0 Å². The van der Waals surface area contributed by atoms with E-state index in [-0.39, 0.29) is 0 Å². The van der Waals surface area contributed by atoms with Crippen molar-refractivity contribution in [2.24, 2.45) is 0 Å². The minimum Gasteiger partial charge on any atom is -0.398 e. The number of morpholine rings is 1. The highest BCUT2D eigenvalue weighted by molar-refractivity contribution is 5.53. The number of hydrogen-bond acceptors (Lipinski definition) is 5. The molecule has 1 aliphatic rings. The van der Waals surface area contributed by atoms with Crippen molar-refractivity contribution in [2.75, 3.05) is 50.4 Å². The van der Waals surface area contributed by atoms with Gasteiger partial charge in [0.2, 0.25) is 0 Å². The van der Waals surface area contributed by atoms with Gasteiger partial charge in [-0.05, 0) is 12.5 Å². The van der Waals surface area contributed by atoms with Gasteiger partial charge in [-0.2, -0.15) is 0 Å². The summed E-state index contributed by atoms with van der Waals surface area (Å²) in [6, 6.07) is 1.88. The Kier molecular flexibility index (Phi) is 4.17. The molecule has 0 bridgehead atoms.